The highest BCUT2D eigenvalue weighted by atomic mass is 15.2. The van der Waals surface area contributed by atoms with Crippen LogP contribution in [0.5, 0.6) is 0 Å². The minimum absolute atomic E-state index is 0.292. The number of piperidine rings is 1. The van der Waals surface area contributed by atoms with E-state index in [4.69, 9.17) is 11.0 Å². The lowest BCUT2D eigenvalue weighted by molar-refractivity contribution is 0.263. The van der Waals surface area contributed by atoms with Gasteiger partial charge in [0.15, 0.2) is 5.65 Å². The molecule has 3 N–H and O–H groups in total. The van der Waals surface area contributed by atoms with Gasteiger partial charge in [0.2, 0.25) is 5.95 Å². The van der Waals surface area contributed by atoms with E-state index in [0.29, 0.717) is 34.4 Å². The number of nitrogens with one attached hydrogen (secondary N) is 1. The Hall–Kier alpha value is -2.46. The summed E-state index contributed by atoms with van der Waals surface area (Å²) in [7, 11) is 2.12. The van der Waals surface area contributed by atoms with Crippen LogP contribution >= 0.6 is 0 Å². The van der Waals surface area contributed by atoms with Gasteiger partial charge in [-0.05, 0) is 39.0 Å². The average molecular weight is 283 g/mol. The van der Waals surface area contributed by atoms with Crippen LogP contribution in [0.2, 0.25) is 0 Å². The fraction of sp³-hybridized carbons (Fsp3) is 0.429. The largest absolute Gasteiger partial charge is 0.383 e. The molecule has 3 rings (SSSR count). The minimum Gasteiger partial charge on any atom is -0.383 e. The summed E-state index contributed by atoms with van der Waals surface area (Å²) in [6, 6.07) is 4.05. The maximum atomic E-state index is 9.11. The molecular formula is C14H17N7. The van der Waals surface area contributed by atoms with E-state index in [2.05, 4.69) is 38.3 Å². The van der Waals surface area contributed by atoms with E-state index < -0.39 is 0 Å². The highest BCUT2D eigenvalue weighted by Crippen LogP contribution is 2.22. The van der Waals surface area contributed by atoms with E-state index in [0.717, 1.165) is 25.9 Å². The summed E-state index contributed by atoms with van der Waals surface area (Å²) in [5.41, 5.74) is 6.87. The lowest BCUT2D eigenvalue weighted by Crippen LogP contribution is -2.37. The van der Waals surface area contributed by atoms with Gasteiger partial charge < -0.3 is 16.0 Å². The molecule has 0 saturated carbocycles. The van der Waals surface area contributed by atoms with Gasteiger partial charge in [0.1, 0.15) is 11.9 Å². The number of fused-ring (bicyclic) bond motifs is 1. The van der Waals surface area contributed by atoms with Gasteiger partial charge in [-0.15, -0.1) is 0 Å². The first-order valence-electron chi connectivity index (χ1n) is 6.95. The Labute approximate surface area is 122 Å². The van der Waals surface area contributed by atoms with Crippen molar-refractivity contribution in [2.24, 2.45) is 0 Å². The summed E-state index contributed by atoms with van der Waals surface area (Å²) in [5.74, 6) is 0.775. The molecule has 0 spiro atoms. The van der Waals surface area contributed by atoms with E-state index in [1.54, 1.807) is 12.3 Å². The standard InChI is InChI=1S/C14H17N7/c1-21-6-3-10(4-7-21)18-14-19-12(16)11-9(8-15)2-5-17-13(11)20-14/h2,5,10H,3-4,6-7H2,1H3,(H3,16,17,18,19,20). The molecule has 0 bridgehead atoms. The number of nitrogens with two attached hydrogens (primary N) is 1. The van der Waals surface area contributed by atoms with Crippen molar-refractivity contribution in [3.05, 3.63) is 17.8 Å². The van der Waals surface area contributed by atoms with Gasteiger partial charge in [-0.3, -0.25) is 0 Å². The molecule has 0 atom stereocenters. The number of pyridine rings is 1. The molecule has 108 valence electrons. The van der Waals surface area contributed by atoms with Crippen LogP contribution in [0, 0.1) is 11.3 Å². The van der Waals surface area contributed by atoms with Crippen LogP contribution in [0.3, 0.4) is 0 Å². The summed E-state index contributed by atoms with van der Waals surface area (Å²) in [4.78, 5) is 15.1. The zero-order chi connectivity index (χ0) is 14.8. The second-order valence-corrected chi connectivity index (χ2v) is 5.32. The summed E-state index contributed by atoms with van der Waals surface area (Å²) < 4.78 is 0. The van der Waals surface area contributed by atoms with Gasteiger partial charge >= 0.3 is 0 Å². The van der Waals surface area contributed by atoms with E-state index in [-0.39, 0.29) is 0 Å². The minimum atomic E-state index is 0.292. The van der Waals surface area contributed by atoms with Gasteiger partial charge in [0.05, 0.1) is 10.9 Å². The van der Waals surface area contributed by atoms with E-state index in [9.17, 15) is 0 Å². The third kappa shape index (κ3) is 2.71. The van der Waals surface area contributed by atoms with E-state index in [1.807, 2.05) is 0 Å². The first-order valence-corrected chi connectivity index (χ1v) is 6.95. The van der Waals surface area contributed by atoms with Crippen molar-refractivity contribution in [3.63, 3.8) is 0 Å². The second-order valence-electron chi connectivity index (χ2n) is 5.32. The molecule has 0 unspecified atom stereocenters. The van der Waals surface area contributed by atoms with Crippen LogP contribution in [0.15, 0.2) is 12.3 Å². The van der Waals surface area contributed by atoms with Gasteiger partial charge in [0, 0.05) is 12.2 Å². The Bertz CT molecular complexity index is 698. The van der Waals surface area contributed by atoms with Crippen molar-refractivity contribution in [1.29, 1.82) is 5.26 Å². The third-order valence-electron chi connectivity index (χ3n) is 3.80. The van der Waals surface area contributed by atoms with Gasteiger partial charge in [-0.25, -0.2) is 4.98 Å². The number of nitrogen functional groups attached to an aromatic ring is 1. The first kappa shape index (κ1) is 13.5. The van der Waals surface area contributed by atoms with Gasteiger partial charge in [-0.1, -0.05) is 0 Å². The fourth-order valence-corrected chi connectivity index (χ4v) is 2.58. The third-order valence-corrected chi connectivity index (χ3v) is 3.80. The van der Waals surface area contributed by atoms with Crippen LogP contribution in [-0.2, 0) is 0 Å². The highest BCUT2D eigenvalue weighted by Gasteiger charge is 2.18. The molecule has 0 amide bonds. The van der Waals surface area contributed by atoms with Crippen molar-refractivity contribution in [3.8, 4) is 6.07 Å². The Kier molecular flexibility index (Phi) is 3.54. The summed E-state index contributed by atoms with van der Waals surface area (Å²) in [5, 5.41) is 12.9. The average Bonchev–Trinajstić information content (AvgIpc) is 2.49. The Morgan fingerprint density at radius 3 is 2.86 bits per heavy atom. The van der Waals surface area contributed by atoms with Gasteiger partial charge in [-0.2, -0.15) is 15.2 Å². The Morgan fingerprint density at radius 1 is 1.38 bits per heavy atom. The predicted octanol–water partition coefficient (Wildman–Crippen LogP) is 0.985. The van der Waals surface area contributed by atoms with Crippen LogP contribution < -0.4 is 11.1 Å². The Morgan fingerprint density at radius 2 is 2.14 bits per heavy atom. The summed E-state index contributed by atoms with van der Waals surface area (Å²) in [6.45, 7) is 2.11. The molecule has 21 heavy (non-hydrogen) atoms. The van der Waals surface area contributed by atoms with E-state index in [1.165, 1.54) is 0 Å². The van der Waals surface area contributed by atoms with Crippen LogP contribution in [0.1, 0.15) is 18.4 Å². The molecule has 0 aromatic carbocycles. The van der Waals surface area contributed by atoms with Gasteiger partial charge in [0.25, 0.3) is 0 Å². The fourth-order valence-electron chi connectivity index (χ4n) is 2.58. The molecular weight excluding hydrogens is 266 g/mol. The first-order chi connectivity index (χ1) is 10.2. The zero-order valence-electron chi connectivity index (χ0n) is 11.9. The molecule has 7 heteroatoms. The van der Waals surface area contributed by atoms with Crippen LogP contribution in [0.4, 0.5) is 11.8 Å². The Balaban J connectivity index is 1.89. The molecule has 0 radical (unpaired) electrons. The smallest absolute Gasteiger partial charge is 0.226 e. The molecule has 7 nitrogen and oxygen atoms in total. The molecule has 1 fully saturated rings. The topological polar surface area (TPSA) is 104 Å². The van der Waals surface area contributed by atoms with Crippen LogP contribution in [0.25, 0.3) is 11.0 Å². The lowest BCUT2D eigenvalue weighted by Gasteiger charge is -2.29. The SMILES string of the molecule is CN1CCC(Nc2nc(N)c3c(C#N)ccnc3n2)CC1. The van der Waals surface area contributed by atoms with Crippen molar-refractivity contribution in [1.82, 2.24) is 19.9 Å². The lowest BCUT2D eigenvalue weighted by atomic mass is 10.1. The number of hydrogen-bond acceptors (Lipinski definition) is 7. The number of aromatic nitrogens is 3. The molecule has 3 heterocycles. The quantitative estimate of drug-likeness (QED) is 0.846. The highest BCUT2D eigenvalue weighted by molar-refractivity contribution is 5.91. The molecule has 0 aliphatic carbocycles. The monoisotopic (exact) mass is 283 g/mol. The molecule has 2 aromatic heterocycles. The predicted molar refractivity (Wildman–Crippen MR) is 80.6 cm³/mol. The van der Waals surface area contributed by atoms with Crippen molar-refractivity contribution in [2.45, 2.75) is 18.9 Å². The molecule has 2 aromatic rings. The molecule has 1 saturated heterocycles. The molecule has 1 aliphatic heterocycles. The van der Waals surface area contributed by atoms with Crippen molar-refractivity contribution >= 4 is 22.8 Å². The van der Waals surface area contributed by atoms with Crippen molar-refractivity contribution in [2.75, 3.05) is 31.2 Å². The number of nitriles is 1. The van der Waals surface area contributed by atoms with E-state index >= 15 is 0 Å². The number of anilines is 2. The number of nitrogens with zero attached hydrogens (tertiary/aromatic N) is 5. The number of rotatable bonds is 2. The maximum Gasteiger partial charge on any atom is 0.226 e. The summed E-state index contributed by atoms with van der Waals surface area (Å²) in [6.07, 6.45) is 3.65. The van der Waals surface area contributed by atoms with Crippen LogP contribution in [-0.4, -0.2) is 46.0 Å². The molecule has 1 aliphatic rings. The maximum absolute atomic E-state index is 9.11. The zero-order valence-corrected chi connectivity index (χ0v) is 11.9. The second kappa shape index (κ2) is 5.50. The van der Waals surface area contributed by atoms with Crippen molar-refractivity contribution < 1.29 is 0 Å². The number of likely N-dealkylation sites (tertiary alicyclic amines) is 1. The summed E-state index contributed by atoms with van der Waals surface area (Å²) >= 11 is 0. The normalized spacial score (nSPS) is 16.8. The number of hydrogen-bond donors (Lipinski definition) is 2.